The number of halogens is 1. The van der Waals surface area contributed by atoms with Crippen molar-refractivity contribution in [2.24, 2.45) is 0 Å². The number of benzene rings is 2. The Hall–Kier alpha value is -2.33. The van der Waals surface area contributed by atoms with Gasteiger partial charge in [-0.15, -0.1) is 0 Å². The molecule has 100 valence electrons. The van der Waals surface area contributed by atoms with Crippen LogP contribution in [0.1, 0.15) is 26.3 Å². The van der Waals surface area contributed by atoms with E-state index in [2.05, 4.69) is 0 Å². The summed E-state index contributed by atoms with van der Waals surface area (Å²) in [4.78, 5) is 25.9. The monoisotopic (exact) mass is 286 g/mol. The average molecular weight is 287 g/mol. The lowest BCUT2D eigenvalue weighted by Crippen LogP contribution is -2.29. The SMILES string of the molecule is Cc1ccc2c(c1)C(=O)N(c1cc(N)ccc1Cl)C2=O. The molecular formula is C15H11ClN2O2. The Bertz CT molecular complexity index is 756. The Morgan fingerprint density at radius 2 is 1.70 bits per heavy atom. The van der Waals surface area contributed by atoms with E-state index in [0.717, 1.165) is 10.5 Å². The first-order valence-corrected chi connectivity index (χ1v) is 6.41. The number of fused-ring (bicyclic) bond motifs is 1. The number of carbonyl (C=O) groups is 2. The summed E-state index contributed by atoms with van der Waals surface area (Å²) >= 11 is 6.08. The second kappa shape index (κ2) is 4.35. The van der Waals surface area contributed by atoms with Crippen molar-refractivity contribution in [2.45, 2.75) is 6.92 Å². The molecule has 0 atom stereocenters. The van der Waals surface area contributed by atoms with Crippen LogP contribution in [0, 0.1) is 6.92 Å². The maximum atomic E-state index is 12.4. The van der Waals surface area contributed by atoms with Gasteiger partial charge < -0.3 is 5.73 Å². The van der Waals surface area contributed by atoms with Crippen LogP contribution < -0.4 is 10.6 Å². The van der Waals surface area contributed by atoms with E-state index in [1.807, 2.05) is 6.92 Å². The molecule has 4 nitrogen and oxygen atoms in total. The molecule has 20 heavy (non-hydrogen) atoms. The number of aryl methyl sites for hydroxylation is 1. The van der Waals surface area contributed by atoms with Crippen molar-refractivity contribution in [1.29, 1.82) is 0 Å². The summed E-state index contributed by atoms with van der Waals surface area (Å²) in [7, 11) is 0. The molecule has 1 heterocycles. The highest BCUT2D eigenvalue weighted by Gasteiger charge is 2.37. The van der Waals surface area contributed by atoms with E-state index in [-0.39, 0.29) is 11.8 Å². The number of nitrogens with zero attached hydrogens (tertiary/aromatic N) is 1. The van der Waals surface area contributed by atoms with Crippen molar-refractivity contribution in [3.8, 4) is 0 Å². The van der Waals surface area contributed by atoms with Crippen molar-refractivity contribution >= 4 is 34.8 Å². The van der Waals surface area contributed by atoms with Gasteiger partial charge in [0, 0.05) is 5.69 Å². The summed E-state index contributed by atoms with van der Waals surface area (Å²) in [6.07, 6.45) is 0. The van der Waals surface area contributed by atoms with Crippen molar-refractivity contribution < 1.29 is 9.59 Å². The Kier molecular flexibility index (Phi) is 2.76. The third-order valence-corrected chi connectivity index (χ3v) is 3.57. The molecule has 0 spiro atoms. The Balaban J connectivity index is 2.16. The highest BCUT2D eigenvalue weighted by Crippen LogP contribution is 2.34. The summed E-state index contributed by atoms with van der Waals surface area (Å²) in [5.74, 6) is -0.751. The molecule has 0 bridgehead atoms. The van der Waals surface area contributed by atoms with E-state index < -0.39 is 0 Å². The number of nitrogen functional groups attached to an aromatic ring is 1. The lowest BCUT2D eigenvalue weighted by Gasteiger charge is -2.15. The van der Waals surface area contributed by atoms with Gasteiger partial charge in [-0.3, -0.25) is 9.59 Å². The minimum atomic E-state index is -0.377. The van der Waals surface area contributed by atoms with Crippen LogP contribution in [0.2, 0.25) is 5.02 Å². The quantitative estimate of drug-likeness (QED) is 0.647. The molecule has 0 aliphatic carbocycles. The fourth-order valence-corrected chi connectivity index (χ4v) is 2.48. The topological polar surface area (TPSA) is 63.4 Å². The van der Waals surface area contributed by atoms with Crippen molar-refractivity contribution in [3.05, 3.63) is 58.1 Å². The third-order valence-electron chi connectivity index (χ3n) is 3.25. The third kappa shape index (κ3) is 1.77. The Morgan fingerprint density at radius 1 is 1.00 bits per heavy atom. The molecule has 5 heteroatoms. The van der Waals surface area contributed by atoms with Crippen molar-refractivity contribution in [3.63, 3.8) is 0 Å². The normalized spacial score (nSPS) is 13.8. The molecule has 0 fully saturated rings. The van der Waals surface area contributed by atoms with Gasteiger partial charge in [0.25, 0.3) is 11.8 Å². The minimum absolute atomic E-state index is 0.311. The minimum Gasteiger partial charge on any atom is -0.399 e. The molecule has 2 aromatic carbocycles. The number of hydrogen-bond donors (Lipinski definition) is 1. The van der Waals surface area contributed by atoms with Gasteiger partial charge in [0.1, 0.15) is 0 Å². The maximum Gasteiger partial charge on any atom is 0.266 e. The van der Waals surface area contributed by atoms with E-state index in [1.54, 1.807) is 30.3 Å². The predicted molar refractivity (Wildman–Crippen MR) is 78.2 cm³/mol. The van der Waals surface area contributed by atoms with Gasteiger partial charge in [-0.1, -0.05) is 23.2 Å². The molecule has 2 aromatic rings. The van der Waals surface area contributed by atoms with Gasteiger partial charge in [0.05, 0.1) is 21.8 Å². The fourth-order valence-electron chi connectivity index (χ4n) is 2.27. The highest BCUT2D eigenvalue weighted by molar-refractivity contribution is 6.39. The maximum absolute atomic E-state index is 12.4. The van der Waals surface area contributed by atoms with Crippen LogP contribution >= 0.6 is 11.6 Å². The van der Waals surface area contributed by atoms with Crippen LogP contribution in [0.4, 0.5) is 11.4 Å². The number of hydrogen-bond acceptors (Lipinski definition) is 3. The van der Waals surface area contributed by atoms with E-state index in [4.69, 9.17) is 17.3 Å². The van der Waals surface area contributed by atoms with Crippen molar-refractivity contribution in [2.75, 3.05) is 10.6 Å². The zero-order chi connectivity index (χ0) is 14.4. The van der Waals surface area contributed by atoms with Crippen molar-refractivity contribution in [1.82, 2.24) is 0 Å². The highest BCUT2D eigenvalue weighted by atomic mass is 35.5. The second-order valence-corrected chi connectivity index (χ2v) is 5.11. The zero-order valence-electron chi connectivity index (χ0n) is 10.7. The molecule has 1 aliphatic rings. The first-order valence-electron chi connectivity index (χ1n) is 6.03. The fraction of sp³-hybridized carbons (Fsp3) is 0.0667. The largest absolute Gasteiger partial charge is 0.399 e. The zero-order valence-corrected chi connectivity index (χ0v) is 11.4. The molecule has 3 rings (SSSR count). The number of nitrogens with two attached hydrogens (primary N) is 1. The molecule has 2 amide bonds. The van der Waals surface area contributed by atoms with Gasteiger partial charge in [-0.25, -0.2) is 4.90 Å². The van der Waals surface area contributed by atoms with Crippen LogP contribution in [0.5, 0.6) is 0 Å². The summed E-state index contributed by atoms with van der Waals surface area (Å²) in [6, 6.07) is 9.88. The smallest absolute Gasteiger partial charge is 0.266 e. The summed E-state index contributed by atoms with van der Waals surface area (Å²) in [5.41, 5.74) is 8.17. The Morgan fingerprint density at radius 3 is 2.45 bits per heavy atom. The van der Waals surface area contributed by atoms with Crippen LogP contribution in [0.15, 0.2) is 36.4 Å². The second-order valence-electron chi connectivity index (χ2n) is 4.71. The molecular weight excluding hydrogens is 276 g/mol. The van der Waals surface area contributed by atoms with Gasteiger partial charge in [0.15, 0.2) is 0 Å². The molecule has 0 unspecified atom stereocenters. The van der Waals surface area contributed by atoms with E-state index in [0.29, 0.717) is 27.5 Å². The molecule has 2 N–H and O–H groups in total. The standard InChI is InChI=1S/C15H11ClN2O2/c1-8-2-4-10-11(6-8)15(20)18(14(10)19)13-7-9(17)3-5-12(13)16/h2-7H,17H2,1H3. The molecule has 0 radical (unpaired) electrons. The molecule has 0 saturated heterocycles. The number of amides is 2. The van der Waals surface area contributed by atoms with Gasteiger partial charge >= 0.3 is 0 Å². The lowest BCUT2D eigenvalue weighted by molar-refractivity contribution is 0.0926. The average Bonchev–Trinajstić information content (AvgIpc) is 2.65. The van der Waals surface area contributed by atoms with Crippen LogP contribution in [-0.2, 0) is 0 Å². The number of rotatable bonds is 1. The number of imide groups is 1. The first kappa shape index (κ1) is 12.7. The number of anilines is 2. The molecule has 0 aromatic heterocycles. The van der Waals surface area contributed by atoms with Gasteiger partial charge in [0.2, 0.25) is 0 Å². The Labute approximate surface area is 120 Å². The van der Waals surface area contributed by atoms with E-state index >= 15 is 0 Å². The molecule has 1 aliphatic heterocycles. The lowest BCUT2D eigenvalue weighted by atomic mass is 10.1. The summed E-state index contributed by atoms with van der Waals surface area (Å²) < 4.78 is 0. The number of carbonyl (C=O) groups excluding carboxylic acids is 2. The molecule has 0 saturated carbocycles. The summed E-state index contributed by atoms with van der Waals surface area (Å²) in [6.45, 7) is 1.87. The van der Waals surface area contributed by atoms with Gasteiger partial charge in [-0.05, 0) is 37.3 Å². The van der Waals surface area contributed by atoms with Gasteiger partial charge in [-0.2, -0.15) is 0 Å². The summed E-state index contributed by atoms with van der Waals surface area (Å²) in [5, 5.41) is 0.311. The van der Waals surface area contributed by atoms with E-state index in [1.165, 1.54) is 6.07 Å². The van der Waals surface area contributed by atoms with Crippen LogP contribution in [0.25, 0.3) is 0 Å². The van der Waals surface area contributed by atoms with Crippen LogP contribution in [0.3, 0.4) is 0 Å². The van der Waals surface area contributed by atoms with Crippen LogP contribution in [-0.4, -0.2) is 11.8 Å². The van der Waals surface area contributed by atoms with E-state index in [9.17, 15) is 9.59 Å². The predicted octanol–water partition coefficient (Wildman–Crippen LogP) is 3.03. The first-order chi connectivity index (χ1) is 9.49.